The molecule has 1 atom stereocenters. The Morgan fingerprint density at radius 3 is 2.69 bits per heavy atom. The number of piperidine rings is 3. The number of nitrogens with zero attached hydrogens (tertiary/aromatic N) is 2. The van der Waals surface area contributed by atoms with E-state index >= 15 is 0 Å². The standard InChI is InChI=1S/C20H25N3O3/c24-19(21-16-12-23-8-4-13(16)5-9-23)15-2-1-3-17-18(15)22-20(26-17)14-6-10-25-11-7-14/h1-3,13-14,16H,4-12H2,(H,21,24)/t16-/m1/s1. The number of para-hydroxylation sites is 1. The topological polar surface area (TPSA) is 67.6 Å². The summed E-state index contributed by atoms with van der Waals surface area (Å²) >= 11 is 0. The lowest BCUT2D eigenvalue weighted by Crippen LogP contribution is -2.57. The highest BCUT2D eigenvalue weighted by Crippen LogP contribution is 2.31. The predicted octanol–water partition coefficient (Wildman–Crippen LogP) is 2.55. The van der Waals surface area contributed by atoms with Crippen molar-refractivity contribution in [2.45, 2.75) is 37.6 Å². The quantitative estimate of drug-likeness (QED) is 0.916. The Bertz CT molecular complexity index is 804. The molecule has 2 bridgehead atoms. The highest BCUT2D eigenvalue weighted by Gasteiger charge is 2.35. The van der Waals surface area contributed by atoms with Gasteiger partial charge in [-0.15, -0.1) is 0 Å². The first-order valence-corrected chi connectivity index (χ1v) is 9.78. The first-order valence-electron chi connectivity index (χ1n) is 9.78. The highest BCUT2D eigenvalue weighted by atomic mass is 16.5. The summed E-state index contributed by atoms with van der Waals surface area (Å²) in [7, 11) is 0. The number of fused-ring (bicyclic) bond motifs is 4. The summed E-state index contributed by atoms with van der Waals surface area (Å²) in [5.41, 5.74) is 2.02. The maximum absolute atomic E-state index is 13.0. The van der Waals surface area contributed by atoms with Crippen molar-refractivity contribution in [3.63, 3.8) is 0 Å². The van der Waals surface area contributed by atoms with Crippen LogP contribution >= 0.6 is 0 Å². The smallest absolute Gasteiger partial charge is 0.253 e. The van der Waals surface area contributed by atoms with Crippen LogP contribution in [0.5, 0.6) is 0 Å². The minimum absolute atomic E-state index is 0.0267. The molecule has 4 aliphatic heterocycles. The minimum Gasteiger partial charge on any atom is -0.440 e. The number of carbonyl (C=O) groups excluding carboxylic acids is 1. The zero-order valence-corrected chi connectivity index (χ0v) is 14.9. The second-order valence-electron chi connectivity index (χ2n) is 7.81. The van der Waals surface area contributed by atoms with Crippen LogP contribution in [0.3, 0.4) is 0 Å². The van der Waals surface area contributed by atoms with Gasteiger partial charge in [0.25, 0.3) is 5.91 Å². The van der Waals surface area contributed by atoms with Gasteiger partial charge in [0.1, 0.15) is 5.52 Å². The van der Waals surface area contributed by atoms with Gasteiger partial charge in [0.15, 0.2) is 11.5 Å². The Labute approximate surface area is 152 Å². The SMILES string of the molecule is O=C(N[C@@H]1CN2CCC1CC2)c1cccc2oc(C3CCOCC3)nc12. The van der Waals surface area contributed by atoms with Crippen LogP contribution in [0, 0.1) is 5.92 Å². The van der Waals surface area contributed by atoms with Crippen LogP contribution < -0.4 is 5.32 Å². The van der Waals surface area contributed by atoms with Crippen molar-refractivity contribution in [1.82, 2.24) is 15.2 Å². The van der Waals surface area contributed by atoms with E-state index in [0.29, 0.717) is 22.6 Å². The maximum Gasteiger partial charge on any atom is 0.253 e. The Morgan fingerprint density at radius 1 is 1.15 bits per heavy atom. The predicted molar refractivity (Wildman–Crippen MR) is 97.2 cm³/mol. The van der Waals surface area contributed by atoms with Crippen molar-refractivity contribution in [3.8, 4) is 0 Å². The van der Waals surface area contributed by atoms with Crippen molar-refractivity contribution in [2.75, 3.05) is 32.8 Å². The summed E-state index contributed by atoms with van der Waals surface area (Å²) in [5.74, 6) is 1.61. The average Bonchev–Trinajstić information content (AvgIpc) is 3.14. The van der Waals surface area contributed by atoms with E-state index in [-0.39, 0.29) is 17.9 Å². The van der Waals surface area contributed by atoms with E-state index in [0.717, 1.165) is 38.5 Å². The van der Waals surface area contributed by atoms with Crippen LogP contribution in [-0.2, 0) is 4.74 Å². The molecule has 6 nitrogen and oxygen atoms in total. The van der Waals surface area contributed by atoms with Crippen LogP contribution in [-0.4, -0.2) is 54.7 Å². The third kappa shape index (κ3) is 2.91. The van der Waals surface area contributed by atoms with Crippen LogP contribution in [0.1, 0.15) is 47.8 Å². The fourth-order valence-electron chi connectivity index (χ4n) is 4.64. The van der Waals surface area contributed by atoms with Crippen molar-refractivity contribution in [1.29, 1.82) is 0 Å². The molecule has 2 aromatic rings. The molecular weight excluding hydrogens is 330 g/mol. The zero-order valence-electron chi connectivity index (χ0n) is 14.9. The number of benzene rings is 1. The van der Waals surface area contributed by atoms with Crippen molar-refractivity contribution in [3.05, 3.63) is 29.7 Å². The molecule has 138 valence electrons. The van der Waals surface area contributed by atoms with Crippen LogP contribution in [0.4, 0.5) is 0 Å². The Hall–Kier alpha value is -1.92. The molecule has 4 aliphatic rings. The number of aromatic nitrogens is 1. The van der Waals surface area contributed by atoms with E-state index in [4.69, 9.17) is 14.1 Å². The molecule has 4 saturated heterocycles. The number of hydrogen-bond donors (Lipinski definition) is 1. The monoisotopic (exact) mass is 355 g/mol. The number of rotatable bonds is 3. The molecule has 5 heterocycles. The van der Waals surface area contributed by atoms with E-state index in [9.17, 15) is 4.79 Å². The lowest BCUT2D eigenvalue weighted by molar-refractivity contribution is 0.0621. The fourth-order valence-corrected chi connectivity index (χ4v) is 4.64. The summed E-state index contributed by atoms with van der Waals surface area (Å²) in [4.78, 5) is 20.1. The van der Waals surface area contributed by atoms with Gasteiger partial charge in [0.2, 0.25) is 0 Å². The molecule has 1 aromatic carbocycles. The second-order valence-corrected chi connectivity index (χ2v) is 7.81. The molecule has 6 rings (SSSR count). The van der Waals surface area contributed by atoms with Gasteiger partial charge in [-0.2, -0.15) is 0 Å². The van der Waals surface area contributed by atoms with Crippen molar-refractivity contribution >= 4 is 17.0 Å². The van der Waals surface area contributed by atoms with Crippen LogP contribution in [0.15, 0.2) is 22.6 Å². The molecule has 0 spiro atoms. The third-order valence-corrected chi connectivity index (χ3v) is 6.22. The molecule has 6 heteroatoms. The highest BCUT2D eigenvalue weighted by molar-refractivity contribution is 6.04. The summed E-state index contributed by atoms with van der Waals surface area (Å²) in [6, 6.07) is 5.89. The minimum atomic E-state index is -0.0267. The van der Waals surface area contributed by atoms with Gasteiger partial charge in [-0.25, -0.2) is 4.98 Å². The lowest BCUT2D eigenvalue weighted by atomic mass is 9.84. The molecule has 0 saturated carbocycles. The first kappa shape index (κ1) is 16.3. The largest absolute Gasteiger partial charge is 0.440 e. The molecule has 26 heavy (non-hydrogen) atoms. The first-order chi connectivity index (χ1) is 12.8. The molecule has 0 radical (unpaired) electrons. The van der Waals surface area contributed by atoms with Gasteiger partial charge in [-0.05, 0) is 56.8 Å². The normalized spacial score (nSPS) is 29.2. The fraction of sp³-hybridized carbons (Fsp3) is 0.600. The molecule has 0 unspecified atom stereocenters. The van der Waals surface area contributed by atoms with E-state index in [1.54, 1.807) is 0 Å². The Morgan fingerprint density at radius 2 is 1.96 bits per heavy atom. The molecule has 1 aromatic heterocycles. The van der Waals surface area contributed by atoms with Gasteiger partial charge >= 0.3 is 0 Å². The summed E-state index contributed by atoms with van der Waals surface area (Å²) < 4.78 is 11.4. The summed E-state index contributed by atoms with van der Waals surface area (Å²) in [6.07, 6.45) is 4.22. The van der Waals surface area contributed by atoms with E-state index in [1.165, 1.54) is 25.9 Å². The molecule has 0 aliphatic carbocycles. The van der Waals surface area contributed by atoms with Gasteiger partial charge in [-0.3, -0.25) is 4.79 Å². The summed E-state index contributed by atoms with van der Waals surface area (Å²) in [6.45, 7) is 4.81. The molecular formula is C20H25N3O3. The van der Waals surface area contributed by atoms with Gasteiger partial charge in [-0.1, -0.05) is 6.07 Å². The number of amides is 1. The number of ether oxygens (including phenoxy) is 1. The Balaban J connectivity index is 1.39. The van der Waals surface area contributed by atoms with Crippen molar-refractivity contribution in [2.24, 2.45) is 5.92 Å². The second kappa shape index (κ2) is 6.67. The molecule has 4 fully saturated rings. The Kier molecular flexibility index (Phi) is 4.17. The molecule has 1 N–H and O–H groups in total. The molecule has 1 amide bonds. The maximum atomic E-state index is 13.0. The van der Waals surface area contributed by atoms with Crippen LogP contribution in [0.2, 0.25) is 0 Å². The lowest BCUT2D eigenvalue weighted by Gasteiger charge is -2.44. The number of hydrogen-bond acceptors (Lipinski definition) is 5. The van der Waals surface area contributed by atoms with Crippen LogP contribution in [0.25, 0.3) is 11.1 Å². The van der Waals surface area contributed by atoms with E-state index < -0.39 is 0 Å². The van der Waals surface area contributed by atoms with Gasteiger partial charge in [0, 0.05) is 31.7 Å². The van der Waals surface area contributed by atoms with E-state index in [1.807, 2.05) is 18.2 Å². The van der Waals surface area contributed by atoms with Gasteiger partial charge in [0.05, 0.1) is 5.56 Å². The van der Waals surface area contributed by atoms with Crippen molar-refractivity contribution < 1.29 is 13.9 Å². The van der Waals surface area contributed by atoms with Gasteiger partial charge < -0.3 is 19.4 Å². The number of carbonyl (C=O) groups is 1. The summed E-state index contributed by atoms with van der Waals surface area (Å²) in [5, 5.41) is 3.27. The average molecular weight is 355 g/mol. The third-order valence-electron chi connectivity index (χ3n) is 6.22. The van der Waals surface area contributed by atoms with E-state index in [2.05, 4.69) is 10.2 Å². The number of nitrogens with one attached hydrogen (secondary N) is 1. The zero-order chi connectivity index (χ0) is 17.5. The number of oxazole rings is 1.